The molecular formula is C27H36N6O4S. The van der Waals surface area contributed by atoms with Crippen LogP contribution in [-0.4, -0.2) is 77.1 Å². The van der Waals surface area contributed by atoms with E-state index in [-0.39, 0.29) is 30.4 Å². The quantitative estimate of drug-likeness (QED) is 0.466. The third-order valence-electron chi connectivity index (χ3n) is 7.89. The number of benzene rings is 1. The Kier molecular flexibility index (Phi) is 8.06. The lowest BCUT2D eigenvalue weighted by atomic mass is 9.82. The summed E-state index contributed by atoms with van der Waals surface area (Å²) in [5.74, 6) is 0.375. The predicted octanol–water partition coefficient (Wildman–Crippen LogP) is 2.42. The number of carbonyl (C=O) groups is 1. The Bertz CT molecular complexity index is 1350. The van der Waals surface area contributed by atoms with Gasteiger partial charge in [-0.25, -0.2) is 23.1 Å². The van der Waals surface area contributed by atoms with E-state index in [4.69, 9.17) is 4.74 Å². The lowest BCUT2D eigenvalue weighted by Crippen LogP contribution is -2.54. The van der Waals surface area contributed by atoms with Crippen molar-refractivity contribution in [1.82, 2.24) is 29.4 Å². The van der Waals surface area contributed by atoms with E-state index in [1.165, 1.54) is 23.5 Å². The van der Waals surface area contributed by atoms with Gasteiger partial charge in [-0.15, -0.1) is 0 Å². The summed E-state index contributed by atoms with van der Waals surface area (Å²) in [5, 5.41) is 5.52. The maximum Gasteiger partial charge on any atom is 0.228 e. The number of aromatic nitrogens is 4. The topological polar surface area (TPSA) is 119 Å². The van der Waals surface area contributed by atoms with Crippen LogP contribution in [0.5, 0.6) is 0 Å². The number of rotatable bonds is 8. The molecule has 2 atom stereocenters. The van der Waals surface area contributed by atoms with Crippen molar-refractivity contribution >= 4 is 26.8 Å². The number of amides is 1. The average molecular weight is 541 g/mol. The Morgan fingerprint density at radius 2 is 1.97 bits per heavy atom. The molecule has 204 valence electrons. The van der Waals surface area contributed by atoms with Gasteiger partial charge in [0, 0.05) is 43.7 Å². The highest BCUT2D eigenvalue weighted by Gasteiger charge is 2.34. The zero-order valence-corrected chi connectivity index (χ0v) is 22.8. The molecular weight excluding hydrogens is 504 g/mol. The minimum absolute atomic E-state index is 0.0161. The molecule has 1 amide bonds. The van der Waals surface area contributed by atoms with Gasteiger partial charge in [-0.1, -0.05) is 6.07 Å². The standard InChI is InChI=1S/C27H36N6O4S/c1-32-26-8-5-20(13-21(26)15-30-32)19-3-6-24(7-4-19)37-17-22-16-33(12-10-25(22)31-38(2,35)36)27(34)14-23-9-11-28-18-29-23/h5,8-9,11,13,15,18-19,22,24-25,31H,3-4,6-7,10,12,14,16-17H2,1-2H3/t19?,22-,24?,25?/m0/s1. The van der Waals surface area contributed by atoms with Crippen LogP contribution < -0.4 is 4.72 Å². The first kappa shape index (κ1) is 26.7. The summed E-state index contributed by atoms with van der Waals surface area (Å²) in [6.45, 7) is 1.37. The summed E-state index contributed by atoms with van der Waals surface area (Å²) in [7, 11) is -1.41. The van der Waals surface area contributed by atoms with Crippen molar-refractivity contribution in [2.45, 2.75) is 56.6 Å². The fourth-order valence-corrected chi connectivity index (χ4v) is 6.67. The number of hydrogen-bond acceptors (Lipinski definition) is 7. The second-order valence-electron chi connectivity index (χ2n) is 10.7. The largest absolute Gasteiger partial charge is 0.378 e. The van der Waals surface area contributed by atoms with E-state index in [1.54, 1.807) is 12.3 Å². The van der Waals surface area contributed by atoms with Crippen LogP contribution in [0.2, 0.25) is 0 Å². The van der Waals surface area contributed by atoms with Crippen molar-refractivity contribution in [3.8, 4) is 0 Å². The summed E-state index contributed by atoms with van der Waals surface area (Å²) >= 11 is 0. The van der Waals surface area contributed by atoms with Crippen LogP contribution in [0, 0.1) is 5.92 Å². The fraction of sp³-hybridized carbons (Fsp3) is 0.556. The number of hydrogen-bond donors (Lipinski definition) is 1. The van der Waals surface area contributed by atoms with Gasteiger partial charge in [0.25, 0.3) is 0 Å². The molecule has 0 radical (unpaired) electrons. The molecule has 1 saturated heterocycles. The van der Waals surface area contributed by atoms with E-state index < -0.39 is 10.0 Å². The maximum atomic E-state index is 12.9. The first-order valence-electron chi connectivity index (χ1n) is 13.3. The average Bonchev–Trinajstić information content (AvgIpc) is 3.28. The molecule has 1 unspecified atom stereocenters. The summed E-state index contributed by atoms with van der Waals surface area (Å²) in [6.07, 6.45) is 11.1. The number of fused-ring (bicyclic) bond motifs is 1. The van der Waals surface area contributed by atoms with Crippen LogP contribution >= 0.6 is 0 Å². The molecule has 2 aliphatic rings. The molecule has 3 aromatic rings. The minimum Gasteiger partial charge on any atom is -0.378 e. The van der Waals surface area contributed by atoms with Crippen LogP contribution in [0.25, 0.3) is 10.9 Å². The summed E-state index contributed by atoms with van der Waals surface area (Å²) in [5.41, 5.74) is 3.17. The van der Waals surface area contributed by atoms with E-state index in [0.717, 1.165) is 31.2 Å². The van der Waals surface area contributed by atoms with Crippen molar-refractivity contribution in [2.24, 2.45) is 13.0 Å². The Hall–Kier alpha value is -2.89. The molecule has 1 aromatic carbocycles. The highest BCUT2D eigenvalue weighted by molar-refractivity contribution is 7.88. The zero-order valence-electron chi connectivity index (χ0n) is 22.0. The molecule has 2 aromatic heterocycles. The molecule has 11 heteroatoms. The van der Waals surface area contributed by atoms with E-state index >= 15 is 0 Å². The molecule has 3 heterocycles. The van der Waals surface area contributed by atoms with Crippen molar-refractivity contribution in [3.63, 3.8) is 0 Å². The Labute approximate surface area is 223 Å². The maximum absolute atomic E-state index is 12.9. The van der Waals surface area contributed by atoms with Crippen molar-refractivity contribution in [1.29, 1.82) is 0 Å². The molecule has 5 rings (SSSR count). The third kappa shape index (κ3) is 6.57. The van der Waals surface area contributed by atoms with Crippen molar-refractivity contribution in [2.75, 3.05) is 26.0 Å². The first-order valence-corrected chi connectivity index (χ1v) is 15.2. The van der Waals surface area contributed by atoms with Crippen LogP contribution in [0.1, 0.15) is 49.3 Å². The monoisotopic (exact) mass is 540 g/mol. The molecule has 0 bridgehead atoms. The van der Waals surface area contributed by atoms with Crippen molar-refractivity contribution < 1.29 is 17.9 Å². The summed E-state index contributed by atoms with van der Waals surface area (Å²) in [6, 6.07) is 8.10. The Morgan fingerprint density at radius 1 is 1.16 bits per heavy atom. The lowest BCUT2D eigenvalue weighted by Gasteiger charge is -2.39. The summed E-state index contributed by atoms with van der Waals surface area (Å²) < 4.78 is 35.1. The van der Waals surface area contributed by atoms with Crippen LogP contribution in [-0.2, 0) is 33.0 Å². The number of nitrogens with one attached hydrogen (secondary N) is 1. The molecule has 0 spiro atoms. The molecule has 1 aliphatic carbocycles. The Morgan fingerprint density at radius 3 is 2.71 bits per heavy atom. The fourth-order valence-electron chi connectivity index (χ4n) is 5.81. The van der Waals surface area contributed by atoms with E-state index in [0.29, 0.717) is 37.7 Å². The summed E-state index contributed by atoms with van der Waals surface area (Å²) in [4.78, 5) is 22.8. The number of nitrogens with zero attached hydrogens (tertiary/aromatic N) is 5. The van der Waals surface area contributed by atoms with Gasteiger partial charge in [0.1, 0.15) is 6.33 Å². The van der Waals surface area contributed by atoms with E-state index in [9.17, 15) is 13.2 Å². The highest BCUT2D eigenvalue weighted by Crippen LogP contribution is 2.35. The second kappa shape index (κ2) is 11.5. The third-order valence-corrected chi connectivity index (χ3v) is 8.62. The Balaban J connectivity index is 1.17. The van der Waals surface area contributed by atoms with Crippen LogP contribution in [0.15, 0.2) is 43.0 Å². The van der Waals surface area contributed by atoms with Gasteiger partial charge < -0.3 is 9.64 Å². The normalized spacial score (nSPS) is 24.5. The molecule has 1 saturated carbocycles. The SMILES string of the molecule is Cn1ncc2cc(C3CCC(OC[C@@H]4CN(C(=O)Cc5ccncn5)CCC4NS(C)(=O)=O)CC3)ccc21. The number of carbonyl (C=O) groups excluding carboxylic acids is 1. The first-order chi connectivity index (χ1) is 18.2. The zero-order chi connectivity index (χ0) is 26.7. The number of piperidine rings is 1. The molecule has 10 nitrogen and oxygen atoms in total. The van der Waals surface area contributed by atoms with Gasteiger partial charge in [-0.2, -0.15) is 5.10 Å². The molecule has 1 N–H and O–H groups in total. The van der Waals surface area contributed by atoms with Gasteiger partial charge in [-0.05, 0) is 61.8 Å². The smallest absolute Gasteiger partial charge is 0.228 e. The number of likely N-dealkylation sites (tertiary alicyclic amines) is 1. The molecule has 2 fully saturated rings. The predicted molar refractivity (Wildman–Crippen MR) is 144 cm³/mol. The highest BCUT2D eigenvalue weighted by atomic mass is 32.2. The van der Waals surface area contributed by atoms with Gasteiger partial charge in [0.2, 0.25) is 15.9 Å². The van der Waals surface area contributed by atoms with Crippen LogP contribution in [0.4, 0.5) is 0 Å². The minimum atomic E-state index is -3.37. The van der Waals surface area contributed by atoms with Gasteiger partial charge in [0.05, 0.1) is 42.8 Å². The van der Waals surface area contributed by atoms with Crippen LogP contribution in [0.3, 0.4) is 0 Å². The number of sulfonamides is 1. The molecule has 1 aliphatic heterocycles. The van der Waals surface area contributed by atoms with Crippen molar-refractivity contribution in [3.05, 3.63) is 54.2 Å². The van der Waals surface area contributed by atoms with Gasteiger partial charge in [0.15, 0.2) is 0 Å². The number of aryl methyl sites for hydroxylation is 1. The lowest BCUT2D eigenvalue weighted by molar-refractivity contribution is -0.133. The van der Waals surface area contributed by atoms with Gasteiger partial charge in [-0.3, -0.25) is 9.48 Å². The second-order valence-corrected chi connectivity index (χ2v) is 12.4. The van der Waals surface area contributed by atoms with Gasteiger partial charge >= 0.3 is 0 Å². The molecule has 38 heavy (non-hydrogen) atoms. The van der Waals surface area contributed by atoms with E-state index in [2.05, 4.69) is 38.0 Å². The van der Waals surface area contributed by atoms with E-state index in [1.807, 2.05) is 22.8 Å². The number of ether oxygens (including phenoxy) is 1.